The Balaban J connectivity index is 1.99. The molecule has 1 N–H and O–H groups in total. The first-order valence-corrected chi connectivity index (χ1v) is 7.94. The molecule has 1 fully saturated rings. The summed E-state index contributed by atoms with van der Waals surface area (Å²) in [5.41, 5.74) is 0.278. The van der Waals surface area contributed by atoms with Crippen molar-refractivity contribution in [2.75, 3.05) is 11.1 Å². The van der Waals surface area contributed by atoms with Crippen molar-refractivity contribution in [3.63, 3.8) is 0 Å². The van der Waals surface area contributed by atoms with Crippen molar-refractivity contribution in [1.29, 1.82) is 0 Å². The van der Waals surface area contributed by atoms with Gasteiger partial charge in [0.25, 0.3) is 0 Å². The minimum atomic E-state index is -3.38. The van der Waals surface area contributed by atoms with E-state index in [1.165, 1.54) is 12.1 Å². The molecule has 0 aliphatic heterocycles. The van der Waals surface area contributed by atoms with Crippen molar-refractivity contribution in [2.24, 2.45) is 0 Å². The molecule has 1 aliphatic carbocycles. The van der Waals surface area contributed by atoms with Crippen molar-refractivity contribution in [1.82, 2.24) is 0 Å². The third-order valence-corrected chi connectivity index (χ3v) is 5.54. The minimum Gasteiger partial charge on any atom is -0.325 e. The van der Waals surface area contributed by atoms with E-state index in [1.807, 2.05) is 0 Å². The van der Waals surface area contributed by atoms with Gasteiger partial charge in [-0.05, 0) is 31.0 Å². The Morgan fingerprint density at radius 2 is 2.11 bits per heavy atom. The van der Waals surface area contributed by atoms with Gasteiger partial charge in [-0.25, -0.2) is 12.8 Å². The first-order valence-electron chi connectivity index (χ1n) is 5.85. The van der Waals surface area contributed by atoms with Gasteiger partial charge in [0.05, 0.1) is 10.3 Å². The second-order valence-electron chi connectivity index (χ2n) is 4.54. The van der Waals surface area contributed by atoms with E-state index in [0.29, 0.717) is 12.8 Å². The topological polar surface area (TPSA) is 63.2 Å². The number of carbonyl (C=O) groups is 1. The number of hydrogen-bond donors (Lipinski definition) is 1. The van der Waals surface area contributed by atoms with Crippen LogP contribution in [0.15, 0.2) is 18.2 Å². The lowest BCUT2D eigenvalue weighted by Crippen LogP contribution is -2.35. The molecule has 0 bridgehead atoms. The first-order chi connectivity index (χ1) is 8.88. The van der Waals surface area contributed by atoms with E-state index < -0.39 is 32.6 Å². The lowest BCUT2D eigenvalue weighted by Gasteiger charge is -2.24. The highest BCUT2D eigenvalue weighted by atomic mass is 35.5. The van der Waals surface area contributed by atoms with Crippen LogP contribution in [-0.2, 0) is 14.6 Å². The smallest absolute Gasteiger partial charge is 0.239 e. The summed E-state index contributed by atoms with van der Waals surface area (Å²) in [5, 5.41) is 1.88. The third-order valence-electron chi connectivity index (χ3n) is 3.10. The molecule has 4 nitrogen and oxygen atoms in total. The average molecular weight is 306 g/mol. The Morgan fingerprint density at radius 1 is 1.42 bits per heavy atom. The van der Waals surface area contributed by atoms with E-state index in [2.05, 4.69) is 5.32 Å². The number of anilines is 1. The van der Waals surface area contributed by atoms with Gasteiger partial charge in [0, 0.05) is 5.69 Å². The molecule has 7 heteroatoms. The number of rotatable bonds is 4. The highest BCUT2D eigenvalue weighted by molar-refractivity contribution is 7.92. The van der Waals surface area contributed by atoms with Gasteiger partial charge in [-0.3, -0.25) is 4.79 Å². The Morgan fingerprint density at radius 3 is 2.63 bits per heavy atom. The summed E-state index contributed by atoms with van der Waals surface area (Å²) in [5.74, 6) is -1.77. The normalized spacial score (nSPS) is 15.9. The third kappa shape index (κ3) is 3.45. The fraction of sp³-hybridized carbons (Fsp3) is 0.417. The maximum atomic E-state index is 12.9. The van der Waals surface area contributed by atoms with Crippen molar-refractivity contribution in [3.05, 3.63) is 29.0 Å². The van der Waals surface area contributed by atoms with Gasteiger partial charge in [-0.2, -0.15) is 0 Å². The van der Waals surface area contributed by atoms with Crippen LogP contribution in [0.5, 0.6) is 0 Å². The van der Waals surface area contributed by atoms with Crippen molar-refractivity contribution in [2.45, 2.75) is 24.5 Å². The number of amides is 1. The SMILES string of the molecule is O=C(CS(=O)(=O)C1CCC1)Nc1ccc(F)c(Cl)c1. The summed E-state index contributed by atoms with van der Waals surface area (Å²) in [7, 11) is -3.38. The average Bonchev–Trinajstić information content (AvgIpc) is 2.19. The van der Waals surface area contributed by atoms with Crippen molar-refractivity contribution >= 4 is 33.0 Å². The Hall–Kier alpha value is -1.14. The van der Waals surface area contributed by atoms with Crippen molar-refractivity contribution in [3.8, 4) is 0 Å². The van der Waals surface area contributed by atoms with E-state index in [-0.39, 0.29) is 10.7 Å². The fourth-order valence-electron chi connectivity index (χ4n) is 1.80. The van der Waals surface area contributed by atoms with Crippen molar-refractivity contribution < 1.29 is 17.6 Å². The molecular formula is C12H13ClFNO3S. The molecule has 1 amide bonds. The quantitative estimate of drug-likeness (QED) is 0.929. The predicted octanol–water partition coefficient (Wildman–Crippen LogP) is 2.38. The first kappa shape index (κ1) is 14.3. The lowest BCUT2D eigenvalue weighted by molar-refractivity contribution is -0.113. The molecule has 0 saturated heterocycles. The molecule has 1 aliphatic rings. The fourth-order valence-corrected chi connectivity index (χ4v) is 3.71. The zero-order valence-electron chi connectivity index (χ0n) is 10.0. The van der Waals surface area contributed by atoms with Crippen LogP contribution in [0.2, 0.25) is 5.02 Å². The van der Waals surface area contributed by atoms with Gasteiger partial charge in [0.2, 0.25) is 5.91 Å². The maximum Gasteiger partial charge on any atom is 0.239 e. The molecule has 0 atom stereocenters. The molecular weight excluding hydrogens is 293 g/mol. The monoisotopic (exact) mass is 305 g/mol. The maximum absolute atomic E-state index is 12.9. The number of sulfone groups is 1. The van der Waals surface area contributed by atoms with Gasteiger partial charge in [0.1, 0.15) is 11.6 Å². The Labute approximate surface area is 115 Å². The number of halogens is 2. The Kier molecular flexibility index (Phi) is 4.10. The number of benzene rings is 1. The van der Waals surface area contributed by atoms with Gasteiger partial charge in [-0.1, -0.05) is 18.0 Å². The summed E-state index contributed by atoms with van der Waals surface area (Å²) >= 11 is 5.57. The zero-order chi connectivity index (χ0) is 14.0. The van der Waals surface area contributed by atoms with E-state index in [0.717, 1.165) is 12.5 Å². The molecule has 1 aromatic carbocycles. The highest BCUT2D eigenvalue weighted by Crippen LogP contribution is 2.26. The van der Waals surface area contributed by atoms with Crippen LogP contribution in [0.4, 0.5) is 10.1 Å². The summed E-state index contributed by atoms with van der Waals surface area (Å²) in [6.45, 7) is 0. The molecule has 0 heterocycles. The largest absolute Gasteiger partial charge is 0.325 e. The van der Waals surface area contributed by atoms with E-state index in [1.54, 1.807) is 0 Å². The number of carbonyl (C=O) groups excluding carboxylic acids is 1. The van der Waals surface area contributed by atoms with Crippen LogP contribution in [0.25, 0.3) is 0 Å². The second-order valence-corrected chi connectivity index (χ2v) is 7.23. The van der Waals surface area contributed by atoms with Crippen LogP contribution in [0.1, 0.15) is 19.3 Å². The summed E-state index contributed by atoms with van der Waals surface area (Å²) in [4.78, 5) is 11.6. The molecule has 0 radical (unpaired) electrons. The van der Waals surface area contributed by atoms with E-state index in [4.69, 9.17) is 11.6 Å². The van der Waals surface area contributed by atoms with Gasteiger partial charge < -0.3 is 5.32 Å². The minimum absolute atomic E-state index is 0.125. The van der Waals surface area contributed by atoms with Gasteiger partial charge in [-0.15, -0.1) is 0 Å². The molecule has 2 rings (SSSR count). The summed E-state index contributed by atoms with van der Waals surface area (Å²) in [6, 6.07) is 3.68. The number of nitrogens with one attached hydrogen (secondary N) is 1. The summed E-state index contributed by atoms with van der Waals surface area (Å²) in [6.07, 6.45) is 2.13. The molecule has 0 aromatic heterocycles. The lowest BCUT2D eigenvalue weighted by atomic mass is 10.0. The van der Waals surface area contributed by atoms with Gasteiger partial charge >= 0.3 is 0 Å². The van der Waals surface area contributed by atoms with Crippen LogP contribution < -0.4 is 5.32 Å². The predicted molar refractivity (Wildman–Crippen MR) is 71.5 cm³/mol. The second kappa shape index (κ2) is 5.46. The molecule has 0 unspecified atom stereocenters. The summed E-state index contributed by atoms with van der Waals surface area (Å²) < 4.78 is 36.5. The Bertz CT molecular complexity index is 599. The highest BCUT2D eigenvalue weighted by Gasteiger charge is 2.32. The molecule has 0 spiro atoms. The van der Waals surface area contributed by atoms with E-state index >= 15 is 0 Å². The molecule has 1 aromatic rings. The molecule has 104 valence electrons. The van der Waals surface area contributed by atoms with E-state index in [9.17, 15) is 17.6 Å². The standard InChI is InChI=1S/C12H13ClFNO3S/c13-10-6-8(4-5-11(10)14)15-12(16)7-19(17,18)9-2-1-3-9/h4-6,9H,1-3,7H2,(H,15,16). The van der Waals surface area contributed by atoms with Crippen LogP contribution >= 0.6 is 11.6 Å². The molecule has 1 saturated carbocycles. The molecule has 19 heavy (non-hydrogen) atoms. The number of hydrogen-bond acceptors (Lipinski definition) is 3. The zero-order valence-corrected chi connectivity index (χ0v) is 11.6. The van der Waals surface area contributed by atoms with Crippen LogP contribution in [0.3, 0.4) is 0 Å². The van der Waals surface area contributed by atoms with Crippen LogP contribution in [-0.4, -0.2) is 25.3 Å². The van der Waals surface area contributed by atoms with Crippen LogP contribution in [0, 0.1) is 5.82 Å². The van der Waals surface area contributed by atoms with Gasteiger partial charge in [0.15, 0.2) is 9.84 Å².